The summed E-state index contributed by atoms with van der Waals surface area (Å²) in [6, 6.07) is 9.50. The van der Waals surface area contributed by atoms with E-state index in [0.29, 0.717) is 26.1 Å². The van der Waals surface area contributed by atoms with E-state index in [0.717, 1.165) is 22.5 Å². The van der Waals surface area contributed by atoms with E-state index >= 15 is 0 Å². The Morgan fingerprint density at radius 3 is 2.70 bits per heavy atom. The molecule has 0 bridgehead atoms. The zero-order valence-corrected chi connectivity index (χ0v) is 14.7. The fraction of sp³-hybridized carbons (Fsp3) is 0.250. The molecule has 1 atom stereocenters. The summed E-state index contributed by atoms with van der Waals surface area (Å²) in [7, 11) is 0. The molecule has 7 nitrogen and oxygen atoms in total. The Bertz CT molecular complexity index is 887. The number of hydrogen-bond donors (Lipinski definition) is 0. The lowest BCUT2D eigenvalue weighted by atomic mass is 10.1. The Hall–Kier alpha value is -3.19. The van der Waals surface area contributed by atoms with Crippen molar-refractivity contribution in [3.05, 3.63) is 72.8 Å². The molecule has 0 radical (unpaired) electrons. The van der Waals surface area contributed by atoms with E-state index in [-0.39, 0.29) is 12.0 Å². The number of rotatable bonds is 4. The highest BCUT2D eigenvalue weighted by Crippen LogP contribution is 2.23. The van der Waals surface area contributed by atoms with Gasteiger partial charge in [0.25, 0.3) is 0 Å². The quantitative estimate of drug-likeness (QED) is 0.708. The maximum absolute atomic E-state index is 12.6. The van der Waals surface area contributed by atoms with Gasteiger partial charge in [0.15, 0.2) is 0 Å². The van der Waals surface area contributed by atoms with Gasteiger partial charge in [-0.25, -0.2) is 9.97 Å². The van der Waals surface area contributed by atoms with Gasteiger partial charge in [0, 0.05) is 48.2 Å². The van der Waals surface area contributed by atoms with E-state index in [4.69, 9.17) is 4.74 Å². The first kappa shape index (κ1) is 17.2. The normalized spacial score (nSPS) is 16.9. The molecule has 1 fully saturated rings. The SMILES string of the molecule is O=C(Cc1ccccn1)N1CCOC(c2ccc(-c3cncnc3)cn2)C1. The van der Waals surface area contributed by atoms with Gasteiger partial charge in [0.1, 0.15) is 12.4 Å². The first-order valence-corrected chi connectivity index (χ1v) is 8.80. The van der Waals surface area contributed by atoms with Crippen molar-refractivity contribution in [3.63, 3.8) is 0 Å². The molecule has 1 saturated heterocycles. The Labute approximate surface area is 157 Å². The van der Waals surface area contributed by atoms with Crippen molar-refractivity contribution < 1.29 is 9.53 Å². The zero-order valence-electron chi connectivity index (χ0n) is 14.7. The number of carbonyl (C=O) groups excluding carboxylic acids is 1. The molecule has 0 saturated carbocycles. The average Bonchev–Trinajstić information content (AvgIpc) is 2.75. The molecule has 0 aliphatic carbocycles. The third-order valence-corrected chi connectivity index (χ3v) is 4.49. The second-order valence-corrected chi connectivity index (χ2v) is 6.30. The summed E-state index contributed by atoms with van der Waals surface area (Å²) in [5.41, 5.74) is 3.44. The third kappa shape index (κ3) is 4.15. The summed E-state index contributed by atoms with van der Waals surface area (Å²) in [4.78, 5) is 31.2. The molecule has 1 unspecified atom stereocenters. The summed E-state index contributed by atoms with van der Waals surface area (Å²) in [6.45, 7) is 1.57. The van der Waals surface area contributed by atoms with Crippen LogP contribution in [-0.2, 0) is 16.0 Å². The summed E-state index contributed by atoms with van der Waals surface area (Å²) in [5, 5.41) is 0. The predicted molar refractivity (Wildman–Crippen MR) is 98.5 cm³/mol. The van der Waals surface area contributed by atoms with Crippen molar-refractivity contribution in [3.8, 4) is 11.1 Å². The van der Waals surface area contributed by atoms with Crippen LogP contribution in [0.2, 0.25) is 0 Å². The van der Waals surface area contributed by atoms with Crippen LogP contribution in [0.1, 0.15) is 17.5 Å². The number of morpholine rings is 1. The van der Waals surface area contributed by atoms with Crippen molar-refractivity contribution >= 4 is 5.91 Å². The van der Waals surface area contributed by atoms with Crippen LogP contribution in [0, 0.1) is 0 Å². The molecular formula is C20H19N5O2. The monoisotopic (exact) mass is 361 g/mol. The Morgan fingerprint density at radius 2 is 1.96 bits per heavy atom. The number of ether oxygens (including phenoxy) is 1. The average molecular weight is 361 g/mol. The molecule has 3 aromatic rings. The molecule has 1 amide bonds. The van der Waals surface area contributed by atoms with Gasteiger partial charge in [-0.3, -0.25) is 14.8 Å². The third-order valence-electron chi connectivity index (χ3n) is 4.49. The van der Waals surface area contributed by atoms with Crippen LogP contribution in [0.25, 0.3) is 11.1 Å². The van der Waals surface area contributed by atoms with Gasteiger partial charge in [-0.1, -0.05) is 12.1 Å². The fourth-order valence-electron chi connectivity index (χ4n) is 3.04. The Morgan fingerprint density at radius 1 is 1.07 bits per heavy atom. The molecular weight excluding hydrogens is 342 g/mol. The predicted octanol–water partition coefficient (Wildman–Crippen LogP) is 2.08. The van der Waals surface area contributed by atoms with E-state index in [9.17, 15) is 4.79 Å². The number of amides is 1. The highest BCUT2D eigenvalue weighted by atomic mass is 16.5. The second kappa shape index (κ2) is 8.01. The largest absolute Gasteiger partial charge is 0.368 e. The minimum absolute atomic E-state index is 0.0556. The van der Waals surface area contributed by atoms with Crippen LogP contribution >= 0.6 is 0 Å². The molecule has 0 N–H and O–H groups in total. The lowest BCUT2D eigenvalue weighted by Crippen LogP contribution is -2.43. The van der Waals surface area contributed by atoms with Crippen LogP contribution in [0.5, 0.6) is 0 Å². The first-order valence-electron chi connectivity index (χ1n) is 8.80. The van der Waals surface area contributed by atoms with E-state index < -0.39 is 0 Å². The molecule has 7 heteroatoms. The van der Waals surface area contributed by atoms with Crippen molar-refractivity contribution in [2.75, 3.05) is 19.7 Å². The maximum atomic E-state index is 12.6. The molecule has 4 rings (SSSR count). The summed E-state index contributed by atoms with van der Waals surface area (Å²) >= 11 is 0. The molecule has 0 spiro atoms. The van der Waals surface area contributed by atoms with Crippen LogP contribution in [0.4, 0.5) is 0 Å². The summed E-state index contributed by atoms with van der Waals surface area (Å²) in [6.07, 6.45) is 8.55. The fourth-order valence-corrected chi connectivity index (χ4v) is 3.04. The minimum atomic E-state index is -0.229. The minimum Gasteiger partial charge on any atom is -0.368 e. The number of carbonyl (C=O) groups is 1. The van der Waals surface area contributed by atoms with Gasteiger partial charge >= 0.3 is 0 Å². The van der Waals surface area contributed by atoms with Gasteiger partial charge in [0.2, 0.25) is 5.91 Å². The Balaban J connectivity index is 1.43. The van der Waals surface area contributed by atoms with Crippen LogP contribution < -0.4 is 0 Å². The number of aromatic nitrogens is 4. The summed E-state index contributed by atoms with van der Waals surface area (Å²) in [5.74, 6) is 0.0556. The van der Waals surface area contributed by atoms with E-state index in [1.54, 1.807) is 24.8 Å². The molecule has 1 aliphatic rings. The van der Waals surface area contributed by atoms with Gasteiger partial charge in [-0.05, 0) is 18.2 Å². The maximum Gasteiger partial charge on any atom is 0.228 e. The highest BCUT2D eigenvalue weighted by Gasteiger charge is 2.26. The van der Waals surface area contributed by atoms with E-state index in [1.165, 1.54) is 6.33 Å². The van der Waals surface area contributed by atoms with E-state index in [2.05, 4.69) is 19.9 Å². The van der Waals surface area contributed by atoms with Crippen molar-refractivity contribution in [1.29, 1.82) is 0 Å². The Kier molecular flexibility index (Phi) is 5.11. The van der Waals surface area contributed by atoms with Gasteiger partial charge in [0.05, 0.1) is 25.3 Å². The van der Waals surface area contributed by atoms with Crippen molar-refractivity contribution in [2.45, 2.75) is 12.5 Å². The molecule has 4 heterocycles. The number of hydrogen-bond acceptors (Lipinski definition) is 6. The molecule has 0 aromatic carbocycles. The highest BCUT2D eigenvalue weighted by molar-refractivity contribution is 5.78. The first-order chi connectivity index (χ1) is 13.3. The molecule has 1 aliphatic heterocycles. The van der Waals surface area contributed by atoms with E-state index in [1.807, 2.05) is 35.2 Å². The topological polar surface area (TPSA) is 81.1 Å². The lowest BCUT2D eigenvalue weighted by Gasteiger charge is -2.32. The van der Waals surface area contributed by atoms with Crippen LogP contribution in [0.15, 0.2) is 61.4 Å². The van der Waals surface area contributed by atoms with Crippen molar-refractivity contribution in [2.24, 2.45) is 0 Å². The summed E-state index contributed by atoms with van der Waals surface area (Å²) < 4.78 is 5.84. The number of pyridine rings is 2. The lowest BCUT2D eigenvalue weighted by molar-refractivity contribution is -0.138. The van der Waals surface area contributed by atoms with Gasteiger partial charge < -0.3 is 9.64 Å². The van der Waals surface area contributed by atoms with Gasteiger partial charge in [-0.15, -0.1) is 0 Å². The molecule has 3 aromatic heterocycles. The molecule has 27 heavy (non-hydrogen) atoms. The van der Waals surface area contributed by atoms with Crippen LogP contribution in [0.3, 0.4) is 0 Å². The standard InChI is InChI=1S/C20H19N5O2/c26-20(9-17-3-1-2-6-23-17)25-7-8-27-19(13-25)18-5-4-15(12-24-18)16-10-21-14-22-11-16/h1-6,10-12,14,19H,7-9,13H2. The zero-order chi connectivity index (χ0) is 18.5. The van der Waals surface area contributed by atoms with Gasteiger partial charge in [-0.2, -0.15) is 0 Å². The van der Waals surface area contributed by atoms with Crippen LogP contribution in [-0.4, -0.2) is 50.4 Å². The number of nitrogens with zero attached hydrogens (tertiary/aromatic N) is 5. The van der Waals surface area contributed by atoms with Crippen molar-refractivity contribution in [1.82, 2.24) is 24.8 Å². The molecule has 136 valence electrons. The second-order valence-electron chi connectivity index (χ2n) is 6.30. The smallest absolute Gasteiger partial charge is 0.228 e.